The summed E-state index contributed by atoms with van der Waals surface area (Å²) in [7, 11) is 3.31. The highest BCUT2D eigenvalue weighted by Gasteiger charge is 2.25. The average Bonchev–Trinajstić information content (AvgIpc) is 2.53. The van der Waals surface area contributed by atoms with Gasteiger partial charge in [0.25, 0.3) is 0 Å². The summed E-state index contributed by atoms with van der Waals surface area (Å²) in [5, 5.41) is 12.5. The van der Waals surface area contributed by atoms with E-state index in [2.05, 4.69) is 16.3 Å². The molecule has 0 aromatic heterocycles. The molecule has 0 amide bonds. The molecule has 1 aromatic rings. The number of nitriles is 1. The smallest absolute Gasteiger partial charge is 0.123 e. The lowest BCUT2D eigenvalue weighted by Gasteiger charge is -2.34. The number of benzene rings is 1. The Morgan fingerprint density at radius 1 is 1.30 bits per heavy atom. The van der Waals surface area contributed by atoms with Crippen molar-refractivity contribution in [2.75, 3.05) is 40.4 Å². The largest absolute Gasteiger partial charge is 0.497 e. The maximum atomic E-state index is 9.15. The minimum absolute atomic E-state index is 0.0483. The van der Waals surface area contributed by atoms with Gasteiger partial charge in [0.2, 0.25) is 0 Å². The predicted molar refractivity (Wildman–Crippen MR) is 77.0 cm³/mol. The fourth-order valence-corrected chi connectivity index (χ4v) is 2.62. The molecular weight excluding hydrogens is 254 g/mol. The molecule has 1 atom stereocenters. The Bertz CT molecular complexity index is 478. The molecular formula is C15H21N3O2. The maximum absolute atomic E-state index is 9.15. The van der Waals surface area contributed by atoms with Gasteiger partial charge in [-0.3, -0.25) is 4.90 Å². The van der Waals surface area contributed by atoms with Crippen LogP contribution in [0.25, 0.3) is 0 Å². The highest BCUT2D eigenvalue weighted by Crippen LogP contribution is 2.34. The van der Waals surface area contributed by atoms with E-state index in [-0.39, 0.29) is 6.04 Å². The van der Waals surface area contributed by atoms with Crippen LogP contribution in [-0.2, 0) is 0 Å². The van der Waals surface area contributed by atoms with E-state index in [0.29, 0.717) is 6.42 Å². The van der Waals surface area contributed by atoms with Crippen molar-refractivity contribution >= 4 is 0 Å². The summed E-state index contributed by atoms with van der Waals surface area (Å²) in [6.07, 6.45) is 0.448. The molecule has 1 aliphatic rings. The van der Waals surface area contributed by atoms with Gasteiger partial charge >= 0.3 is 0 Å². The van der Waals surface area contributed by atoms with Crippen molar-refractivity contribution in [3.8, 4) is 17.6 Å². The van der Waals surface area contributed by atoms with Crippen molar-refractivity contribution in [3.63, 3.8) is 0 Å². The van der Waals surface area contributed by atoms with E-state index >= 15 is 0 Å². The number of nitrogens with zero attached hydrogens (tertiary/aromatic N) is 2. The number of hydrogen-bond donors (Lipinski definition) is 1. The van der Waals surface area contributed by atoms with E-state index < -0.39 is 0 Å². The molecule has 108 valence electrons. The third-order valence-electron chi connectivity index (χ3n) is 3.67. The molecule has 0 aliphatic carbocycles. The van der Waals surface area contributed by atoms with E-state index in [1.165, 1.54) is 0 Å². The number of hydrogen-bond acceptors (Lipinski definition) is 5. The Hall–Kier alpha value is -1.77. The average molecular weight is 275 g/mol. The third-order valence-corrected chi connectivity index (χ3v) is 3.67. The van der Waals surface area contributed by atoms with Crippen molar-refractivity contribution in [3.05, 3.63) is 23.8 Å². The van der Waals surface area contributed by atoms with Crippen LogP contribution in [0.2, 0.25) is 0 Å². The van der Waals surface area contributed by atoms with E-state index in [4.69, 9.17) is 14.7 Å². The zero-order valence-electron chi connectivity index (χ0n) is 12.1. The molecule has 2 rings (SSSR count). The number of nitrogens with one attached hydrogen (secondary N) is 1. The van der Waals surface area contributed by atoms with Gasteiger partial charge in [0, 0.05) is 31.7 Å². The highest BCUT2D eigenvalue weighted by molar-refractivity contribution is 5.42. The van der Waals surface area contributed by atoms with Crippen molar-refractivity contribution < 1.29 is 9.47 Å². The number of piperazine rings is 1. The molecule has 0 spiro atoms. The van der Waals surface area contributed by atoms with E-state index in [1.54, 1.807) is 14.2 Å². The summed E-state index contributed by atoms with van der Waals surface area (Å²) in [6.45, 7) is 3.78. The van der Waals surface area contributed by atoms with Gasteiger partial charge in [0.05, 0.1) is 32.8 Å². The normalized spacial score (nSPS) is 17.2. The second-order valence-electron chi connectivity index (χ2n) is 4.77. The van der Waals surface area contributed by atoms with E-state index in [0.717, 1.165) is 43.2 Å². The lowest BCUT2D eigenvalue weighted by molar-refractivity contribution is 0.172. The molecule has 5 nitrogen and oxygen atoms in total. The Labute approximate surface area is 120 Å². The molecule has 1 saturated heterocycles. The minimum atomic E-state index is 0.0483. The van der Waals surface area contributed by atoms with Crippen molar-refractivity contribution in [2.24, 2.45) is 0 Å². The highest BCUT2D eigenvalue weighted by atomic mass is 16.5. The van der Waals surface area contributed by atoms with Gasteiger partial charge in [-0.15, -0.1) is 0 Å². The number of rotatable bonds is 5. The van der Waals surface area contributed by atoms with Crippen LogP contribution in [0.4, 0.5) is 0 Å². The van der Waals surface area contributed by atoms with Crippen LogP contribution in [-0.4, -0.2) is 45.3 Å². The van der Waals surface area contributed by atoms with Gasteiger partial charge in [-0.1, -0.05) is 0 Å². The summed E-state index contributed by atoms with van der Waals surface area (Å²) < 4.78 is 10.8. The van der Waals surface area contributed by atoms with Crippen LogP contribution in [0.15, 0.2) is 18.2 Å². The Kier molecular flexibility index (Phi) is 5.22. The first kappa shape index (κ1) is 14.6. The van der Waals surface area contributed by atoms with Crippen LogP contribution in [0, 0.1) is 11.3 Å². The van der Waals surface area contributed by atoms with Crippen molar-refractivity contribution in [2.45, 2.75) is 12.5 Å². The van der Waals surface area contributed by atoms with Crippen LogP contribution in [0.5, 0.6) is 11.5 Å². The van der Waals surface area contributed by atoms with Gasteiger partial charge in [-0.25, -0.2) is 0 Å². The lowest BCUT2D eigenvalue weighted by atomic mass is 10.00. The molecule has 0 bridgehead atoms. The van der Waals surface area contributed by atoms with Crippen LogP contribution >= 0.6 is 0 Å². The van der Waals surface area contributed by atoms with Crippen LogP contribution in [0.1, 0.15) is 18.0 Å². The summed E-state index contributed by atoms with van der Waals surface area (Å²) in [5.74, 6) is 1.60. The predicted octanol–water partition coefficient (Wildman–Crippen LogP) is 1.56. The Morgan fingerprint density at radius 2 is 2.05 bits per heavy atom. The van der Waals surface area contributed by atoms with Crippen molar-refractivity contribution in [1.29, 1.82) is 5.26 Å². The zero-order valence-corrected chi connectivity index (χ0v) is 12.1. The van der Waals surface area contributed by atoms with Crippen LogP contribution < -0.4 is 14.8 Å². The minimum Gasteiger partial charge on any atom is -0.497 e. The lowest BCUT2D eigenvalue weighted by Crippen LogP contribution is -2.45. The first-order chi connectivity index (χ1) is 9.80. The van der Waals surface area contributed by atoms with Crippen LogP contribution in [0.3, 0.4) is 0 Å². The standard InChI is InChI=1S/C15H21N3O2/c1-19-12-3-4-15(20-2)13(11-12)14(5-6-16)18-9-7-17-8-10-18/h3-4,11,14,17H,5,7-10H2,1-2H3/t14-/m1/s1. The number of ether oxygens (including phenoxy) is 2. The first-order valence-corrected chi connectivity index (χ1v) is 6.83. The molecule has 1 heterocycles. The monoisotopic (exact) mass is 275 g/mol. The fraction of sp³-hybridized carbons (Fsp3) is 0.533. The second-order valence-corrected chi connectivity index (χ2v) is 4.77. The van der Waals surface area contributed by atoms with Gasteiger partial charge in [0.1, 0.15) is 11.5 Å². The molecule has 1 fully saturated rings. The summed E-state index contributed by atoms with van der Waals surface area (Å²) in [6, 6.07) is 8.10. The summed E-state index contributed by atoms with van der Waals surface area (Å²) in [5.41, 5.74) is 1.02. The number of methoxy groups -OCH3 is 2. The van der Waals surface area contributed by atoms with E-state index in [1.807, 2.05) is 18.2 Å². The topological polar surface area (TPSA) is 57.5 Å². The fourth-order valence-electron chi connectivity index (χ4n) is 2.62. The summed E-state index contributed by atoms with van der Waals surface area (Å²) >= 11 is 0. The molecule has 5 heteroatoms. The molecule has 1 aliphatic heterocycles. The first-order valence-electron chi connectivity index (χ1n) is 6.83. The third kappa shape index (κ3) is 3.21. The molecule has 0 radical (unpaired) electrons. The Balaban J connectivity index is 2.34. The molecule has 1 aromatic carbocycles. The SMILES string of the molecule is COc1ccc(OC)c([C@@H](CC#N)N2CCNCC2)c1. The molecule has 1 N–H and O–H groups in total. The molecule has 20 heavy (non-hydrogen) atoms. The second kappa shape index (κ2) is 7.13. The maximum Gasteiger partial charge on any atom is 0.123 e. The van der Waals surface area contributed by atoms with Gasteiger partial charge in [-0.2, -0.15) is 5.26 Å². The van der Waals surface area contributed by atoms with Gasteiger partial charge < -0.3 is 14.8 Å². The molecule has 0 saturated carbocycles. The van der Waals surface area contributed by atoms with Crippen molar-refractivity contribution in [1.82, 2.24) is 10.2 Å². The zero-order chi connectivity index (χ0) is 14.4. The Morgan fingerprint density at radius 3 is 2.65 bits per heavy atom. The van der Waals surface area contributed by atoms with Gasteiger partial charge in [0.15, 0.2) is 0 Å². The molecule has 0 unspecified atom stereocenters. The van der Waals surface area contributed by atoms with Gasteiger partial charge in [-0.05, 0) is 18.2 Å². The van der Waals surface area contributed by atoms with E-state index in [9.17, 15) is 0 Å². The summed E-state index contributed by atoms with van der Waals surface area (Å²) in [4.78, 5) is 2.33. The quantitative estimate of drug-likeness (QED) is 0.884.